The number of thiophene rings is 1. The van der Waals surface area contributed by atoms with Gasteiger partial charge in [0.25, 0.3) is 5.91 Å². The Bertz CT molecular complexity index is 814. The van der Waals surface area contributed by atoms with Crippen LogP contribution in [-0.4, -0.2) is 32.1 Å². The third kappa shape index (κ3) is 5.10. The lowest BCUT2D eigenvalue weighted by atomic mass is 9.90. The molecule has 27 heavy (non-hydrogen) atoms. The van der Waals surface area contributed by atoms with Gasteiger partial charge in [0.1, 0.15) is 10.6 Å². The first-order valence-electron chi connectivity index (χ1n) is 9.24. The number of carbonyl (C=O) groups is 2. The molecule has 0 unspecified atom stereocenters. The number of hydrogen-bond donors (Lipinski definition) is 1. The molecule has 1 aliphatic carbocycles. The van der Waals surface area contributed by atoms with E-state index in [1.54, 1.807) is 7.11 Å². The minimum absolute atomic E-state index is 0.260. The molecule has 0 aliphatic heterocycles. The Labute approximate surface area is 163 Å². The maximum atomic E-state index is 12.2. The molecule has 1 heterocycles. The van der Waals surface area contributed by atoms with Crippen molar-refractivity contribution in [2.24, 2.45) is 5.92 Å². The number of rotatable bonds is 7. The SMILES string of the molecule is COc1ccccc1CCNC(=O)COC(=O)c1cc2c(s1)CC[C@H](C)C2. The molecule has 6 heteroatoms. The Morgan fingerprint density at radius 1 is 1.30 bits per heavy atom. The molecule has 0 fully saturated rings. The molecule has 1 aromatic carbocycles. The third-order valence-corrected chi connectivity index (χ3v) is 5.99. The van der Waals surface area contributed by atoms with E-state index in [9.17, 15) is 9.59 Å². The average Bonchev–Trinajstić information content (AvgIpc) is 3.09. The van der Waals surface area contributed by atoms with Crippen LogP contribution in [0, 0.1) is 5.92 Å². The van der Waals surface area contributed by atoms with Gasteiger partial charge in [-0.15, -0.1) is 11.3 Å². The van der Waals surface area contributed by atoms with E-state index in [4.69, 9.17) is 9.47 Å². The highest BCUT2D eigenvalue weighted by atomic mass is 32.1. The summed E-state index contributed by atoms with van der Waals surface area (Å²) < 4.78 is 10.5. The first-order valence-corrected chi connectivity index (χ1v) is 10.1. The van der Waals surface area contributed by atoms with Gasteiger partial charge in [0, 0.05) is 11.4 Å². The summed E-state index contributed by atoms with van der Waals surface area (Å²) in [5.41, 5.74) is 2.28. The molecule has 3 rings (SSSR count). The van der Waals surface area contributed by atoms with Crippen molar-refractivity contribution in [3.63, 3.8) is 0 Å². The minimum atomic E-state index is -0.415. The van der Waals surface area contributed by atoms with Gasteiger partial charge in [-0.2, -0.15) is 0 Å². The molecule has 1 N–H and O–H groups in total. The van der Waals surface area contributed by atoms with Gasteiger partial charge in [-0.1, -0.05) is 25.1 Å². The van der Waals surface area contributed by atoms with E-state index in [0.717, 1.165) is 30.6 Å². The van der Waals surface area contributed by atoms with Crippen LogP contribution in [0.15, 0.2) is 30.3 Å². The maximum absolute atomic E-state index is 12.2. The van der Waals surface area contributed by atoms with E-state index in [0.29, 0.717) is 23.8 Å². The lowest BCUT2D eigenvalue weighted by Crippen LogP contribution is -2.30. The smallest absolute Gasteiger partial charge is 0.348 e. The topological polar surface area (TPSA) is 64.6 Å². The van der Waals surface area contributed by atoms with E-state index in [-0.39, 0.29) is 12.5 Å². The van der Waals surface area contributed by atoms with Crippen molar-refractivity contribution in [1.29, 1.82) is 0 Å². The zero-order valence-corrected chi connectivity index (χ0v) is 16.6. The van der Waals surface area contributed by atoms with Crippen LogP contribution in [0.4, 0.5) is 0 Å². The Balaban J connectivity index is 1.43. The van der Waals surface area contributed by atoms with Crippen LogP contribution in [-0.2, 0) is 28.8 Å². The molecule has 1 atom stereocenters. The first-order chi connectivity index (χ1) is 13.1. The fourth-order valence-corrected chi connectivity index (χ4v) is 4.41. The Kier molecular flexibility index (Phi) is 6.50. The predicted octanol–water partition coefficient (Wildman–Crippen LogP) is 3.40. The number of benzene rings is 1. The van der Waals surface area contributed by atoms with Gasteiger partial charge < -0.3 is 14.8 Å². The summed E-state index contributed by atoms with van der Waals surface area (Å²) in [5.74, 6) is 0.745. The molecule has 144 valence electrons. The number of methoxy groups -OCH3 is 1. The van der Waals surface area contributed by atoms with Gasteiger partial charge in [-0.25, -0.2) is 4.79 Å². The standard InChI is InChI=1S/C21H25NO4S/c1-14-7-8-18-16(11-14)12-19(27-18)21(24)26-13-20(23)22-10-9-15-5-3-4-6-17(15)25-2/h3-6,12,14H,7-11,13H2,1-2H3,(H,22,23)/t14-/m0/s1. The highest BCUT2D eigenvalue weighted by Gasteiger charge is 2.21. The molecule has 0 saturated carbocycles. The van der Waals surface area contributed by atoms with E-state index in [1.165, 1.54) is 21.8 Å². The minimum Gasteiger partial charge on any atom is -0.496 e. The number of hydrogen-bond acceptors (Lipinski definition) is 5. The molecule has 2 aromatic rings. The van der Waals surface area contributed by atoms with Gasteiger partial charge in [0.2, 0.25) is 0 Å². The van der Waals surface area contributed by atoms with Crippen LogP contribution in [0.5, 0.6) is 5.75 Å². The summed E-state index contributed by atoms with van der Waals surface area (Å²) >= 11 is 1.50. The van der Waals surface area contributed by atoms with Crippen molar-refractivity contribution < 1.29 is 19.1 Å². The highest BCUT2D eigenvalue weighted by Crippen LogP contribution is 2.32. The Hall–Kier alpha value is -2.34. The molecular formula is C21H25NO4S. The van der Waals surface area contributed by atoms with Gasteiger partial charge in [0.15, 0.2) is 6.61 Å². The summed E-state index contributed by atoms with van der Waals surface area (Å²) in [5, 5.41) is 2.78. The van der Waals surface area contributed by atoms with Crippen LogP contribution < -0.4 is 10.1 Å². The number of fused-ring (bicyclic) bond motifs is 1. The lowest BCUT2D eigenvalue weighted by molar-refractivity contribution is -0.124. The second-order valence-corrected chi connectivity index (χ2v) is 8.03. The number of para-hydroxylation sites is 1. The first kappa shape index (κ1) is 19.4. The van der Waals surface area contributed by atoms with E-state index in [2.05, 4.69) is 12.2 Å². The van der Waals surface area contributed by atoms with Crippen LogP contribution in [0.25, 0.3) is 0 Å². The van der Waals surface area contributed by atoms with Crippen LogP contribution >= 0.6 is 11.3 Å². The van der Waals surface area contributed by atoms with Gasteiger partial charge in [-0.05, 0) is 54.9 Å². The second kappa shape index (κ2) is 9.04. The van der Waals surface area contributed by atoms with Crippen LogP contribution in [0.2, 0.25) is 0 Å². The fourth-order valence-electron chi connectivity index (χ4n) is 3.31. The molecule has 1 aliphatic rings. The van der Waals surface area contributed by atoms with E-state index >= 15 is 0 Å². The Morgan fingerprint density at radius 3 is 2.93 bits per heavy atom. The number of nitrogens with one attached hydrogen (secondary N) is 1. The predicted molar refractivity (Wildman–Crippen MR) is 105 cm³/mol. The van der Waals surface area contributed by atoms with E-state index < -0.39 is 5.97 Å². The van der Waals surface area contributed by atoms with Gasteiger partial charge in [-0.3, -0.25) is 4.79 Å². The molecule has 1 aromatic heterocycles. The van der Waals surface area contributed by atoms with Crippen LogP contribution in [0.1, 0.15) is 39.0 Å². The van der Waals surface area contributed by atoms with Crippen molar-refractivity contribution >= 4 is 23.2 Å². The summed E-state index contributed by atoms with van der Waals surface area (Å²) in [6, 6.07) is 9.62. The largest absolute Gasteiger partial charge is 0.496 e. The lowest BCUT2D eigenvalue weighted by Gasteiger charge is -2.16. The average molecular weight is 388 g/mol. The van der Waals surface area contributed by atoms with Gasteiger partial charge >= 0.3 is 5.97 Å². The summed E-state index contributed by atoms with van der Waals surface area (Å²) in [4.78, 5) is 26.0. The quantitative estimate of drug-likeness (QED) is 0.740. The van der Waals surface area contributed by atoms with Crippen molar-refractivity contribution in [1.82, 2.24) is 5.32 Å². The van der Waals surface area contributed by atoms with Crippen LogP contribution in [0.3, 0.4) is 0 Å². The fraction of sp³-hybridized carbons (Fsp3) is 0.429. The monoisotopic (exact) mass is 387 g/mol. The van der Waals surface area contributed by atoms with Crippen molar-refractivity contribution in [3.05, 3.63) is 51.2 Å². The van der Waals surface area contributed by atoms with Crippen molar-refractivity contribution in [2.75, 3.05) is 20.3 Å². The molecule has 0 radical (unpaired) electrons. The summed E-state index contributed by atoms with van der Waals surface area (Å²) in [6.45, 7) is 2.43. The number of aryl methyl sites for hydroxylation is 1. The number of esters is 1. The number of amides is 1. The van der Waals surface area contributed by atoms with Crippen molar-refractivity contribution in [3.8, 4) is 5.75 Å². The molecule has 0 saturated heterocycles. The maximum Gasteiger partial charge on any atom is 0.348 e. The zero-order valence-electron chi connectivity index (χ0n) is 15.7. The molecule has 0 spiro atoms. The third-order valence-electron chi connectivity index (χ3n) is 4.77. The number of carbonyl (C=O) groups excluding carboxylic acids is 2. The zero-order chi connectivity index (χ0) is 19.2. The second-order valence-electron chi connectivity index (χ2n) is 6.89. The molecule has 5 nitrogen and oxygen atoms in total. The Morgan fingerprint density at radius 2 is 2.11 bits per heavy atom. The molecule has 1 amide bonds. The number of ether oxygens (including phenoxy) is 2. The van der Waals surface area contributed by atoms with Crippen molar-refractivity contribution in [2.45, 2.75) is 32.6 Å². The summed E-state index contributed by atoms with van der Waals surface area (Å²) in [7, 11) is 1.62. The molecular weight excluding hydrogens is 362 g/mol. The highest BCUT2D eigenvalue weighted by molar-refractivity contribution is 7.14. The summed E-state index contributed by atoms with van der Waals surface area (Å²) in [6.07, 6.45) is 3.86. The molecule has 0 bridgehead atoms. The van der Waals surface area contributed by atoms with E-state index in [1.807, 2.05) is 30.3 Å². The van der Waals surface area contributed by atoms with Gasteiger partial charge in [0.05, 0.1) is 7.11 Å². The normalized spacial score (nSPS) is 15.7.